The Labute approximate surface area is 125 Å². The zero-order valence-electron chi connectivity index (χ0n) is 12.1. The number of amides is 1. The van der Waals surface area contributed by atoms with Gasteiger partial charge in [0.15, 0.2) is 0 Å². The van der Waals surface area contributed by atoms with Crippen LogP contribution in [-0.4, -0.2) is 11.9 Å². The summed E-state index contributed by atoms with van der Waals surface area (Å²) >= 11 is 0. The Kier molecular flexibility index (Phi) is 4.39. The van der Waals surface area contributed by atoms with Gasteiger partial charge in [0.25, 0.3) is 0 Å². The predicted molar refractivity (Wildman–Crippen MR) is 82.0 cm³/mol. The minimum atomic E-state index is 0.0968. The van der Waals surface area contributed by atoms with Gasteiger partial charge in [-0.05, 0) is 48.8 Å². The summed E-state index contributed by atoms with van der Waals surface area (Å²) in [5.41, 5.74) is 2.37. The predicted octanol–water partition coefficient (Wildman–Crippen LogP) is 3.66. The van der Waals surface area contributed by atoms with Crippen molar-refractivity contribution < 1.29 is 9.21 Å². The topological polar surface area (TPSA) is 42.2 Å². The van der Waals surface area contributed by atoms with Crippen LogP contribution in [-0.2, 0) is 11.2 Å². The van der Waals surface area contributed by atoms with Crippen LogP contribution in [0.3, 0.4) is 0 Å². The van der Waals surface area contributed by atoms with Crippen LogP contribution in [0.25, 0.3) is 0 Å². The Bertz CT molecular complexity index is 554. The van der Waals surface area contributed by atoms with Gasteiger partial charge in [-0.15, -0.1) is 0 Å². The Morgan fingerprint density at radius 1 is 1.10 bits per heavy atom. The van der Waals surface area contributed by atoms with Crippen LogP contribution in [0.5, 0.6) is 0 Å². The van der Waals surface area contributed by atoms with Gasteiger partial charge < -0.3 is 9.73 Å². The summed E-state index contributed by atoms with van der Waals surface area (Å²) < 4.78 is 4.99. The van der Waals surface area contributed by atoms with Gasteiger partial charge in [-0.1, -0.05) is 30.3 Å². The number of rotatable bonds is 4. The zero-order chi connectivity index (χ0) is 14.5. The van der Waals surface area contributed by atoms with Crippen LogP contribution < -0.4 is 5.32 Å². The van der Waals surface area contributed by atoms with Crippen molar-refractivity contribution in [2.24, 2.45) is 0 Å². The third kappa shape index (κ3) is 3.75. The fourth-order valence-corrected chi connectivity index (χ4v) is 3.15. The van der Waals surface area contributed by atoms with Crippen LogP contribution in [0, 0.1) is 0 Å². The molecule has 1 fully saturated rings. The number of carbonyl (C=O) groups excluding carboxylic acids is 1. The summed E-state index contributed by atoms with van der Waals surface area (Å²) in [5.74, 6) is 0.743. The molecule has 3 nitrogen and oxygen atoms in total. The van der Waals surface area contributed by atoms with Crippen LogP contribution in [0.2, 0.25) is 0 Å². The summed E-state index contributed by atoms with van der Waals surface area (Å²) in [4.78, 5) is 12.0. The second kappa shape index (κ2) is 6.61. The van der Waals surface area contributed by atoms with E-state index in [-0.39, 0.29) is 5.91 Å². The first-order valence-electron chi connectivity index (χ1n) is 7.66. The molecule has 0 atom stereocenters. The Hall–Kier alpha value is -2.03. The van der Waals surface area contributed by atoms with Gasteiger partial charge in [0.05, 0.1) is 18.9 Å². The molecular formula is C18H21NO2. The van der Waals surface area contributed by atoms with E-state index in [1.807, 2.05) is 6.07 Å². The van der Waals surface area contributed by atoms with E-state index in [0.717, 1.165) is 31.2 Å². The Morgan fingerprint density at radius 2 is 1.86 bits per heavy atom. The monoisotopic (exact) mass is 283 g/mol. The lowest BCUT2D eigenvalue weighted by Gasteiger charge is -2.29. The minimum Gasteiger partial charge on any atom is -0.472 e. The molecule has 0 aliphatic heterocycles. The summed E-state index contributed by atoms with van der Waals surface area (Å²) in [6.45, 7) is 0. The highest BCUT2D eigenvalue weighted by atomic mass is 16.3. The number of benzene rings is 1. The van der Waals surface area contributed by atoms with Gasteiger partial charge in [0, 0.05) is 6.04 Å². The molecule has 21 heavy (non-hydrogen) atoms. The van der Waals surface area contributed by atoms with Crippen molar-refractivity contribution in [3.05, 3.63) is 60.1 Å². The number of hydrogen-bond acceptors (Lipinski definition) is 2. The molecule has 1 N–H and O–H groups in total. The van der Waals surface area contributed by atoms with Crippen molar-refractivity contribution in [2.45, 2.75) is 44.1 Å². The molecule has 1 aromatic carbocycles. The molecule has 1 saturated carbocycles. The van der Waals surface area contributed by atoms with E-state index in [2.05, 4.69) is 35.6 Å². The molecule has 3 rings (SSSR count). The fraction of sp³-hybridized carbons (Fsp3) is 0.389. The van der Waals surface area contributed by atoms with E-state index in [1.165, 1.54) is 5.56 Å². The smallest absolute Gasteiger partial charge is 0.224 e. The van der Waals surface area contributed by atoms with Crippen molar-refractivity contribution in [2.75, 3.05) is 0 Å². The highest BCUT2D eigenvalue weighted by Gasteiger charge is 2.23. The summed E-state index contributed by atoms with van der Waals surface area (Å²) in [7, 11) is 0. The maximum absolute atomic E-state index is 12.0. The van der Waals surface area contributed by atoms with E-state index in [4.69, 9.17) is 4.42 Å². The molecule has 0 unspecified atom stereocenters. The highest BCUT2D eigenvalue weighted by Crippen LogP contribution is 2.32. The molecule has 1 aromatic heterocycles. The van der Waals surface area contributed by atoms with Crippen LogP contribution in [0.4, 0.5) is 0 Å². The lowest BCUT2D eigenvalue weighted by Crippen LogP contribution is -2.38. The molecule has 0 radical (unpaired) electrons. The maximum atomic E-state index is 12.0. The Morgan fingerprint density at radius 3 is 2.52 bits per heavy atom. The molecule has 0 saturated heterocycles. The first-order chi connectivity index (χ1) is 10.3. The van der Waals surface area contributed by atoms with Crippen LogP contribution >= 0.6 is 0 Å². The standard InChI is InChI=1S/C18H21NO2/c20-18(12-14-10-11-21-13-14)19-17-8-6-16(7-9-17)15-4-2-1-3-5-15/h1-5,10-11,13,16-17H,6-9,12H2,(H,19,20). The summed E-state index contributed by atoms with van der Waals surface area (Å²) in [6, 6.07) is 12.9. The van der Waals surface area contributed by atoms with Crippen molar-refractivity contribution in [1.82, 2.24) is 5.32 Å². The highest BCUT2D eigenvalue weighted by molar-refractivity contribution is 5.78. The molecule has 0 bridgehead atoms. The molecule has 0 spiro atoms. The third-order valence-corrected chi connectivity index (χ3v) is 4.31. The first-order valence-corrected chi connectivity index (χ1v) is 7.66. The molecule has 1 aliphatic carbocycles. The maximum Gasteiger partial charge on any atom is 0.224 e. The molecule has 3 heteroatoms. The van der Waals surface area contributed by atoms with Gasteiger partial charge >= 0.3 is 0 Å². The fourth-order valence-electron chi connectivity index (χ4n) is 3.15. The van der Waals surface area contributed by atoms with Crippen molar-refractivity contribution in [3.8, 4) is 0 Å². The number of nitrogens with one attached hydrogen (secondary N) is 1. The zero-order valence-corrected chi connectivity index (χ0v) is 12.1. The Balaban J connectivity index is 1.46. The van der Waals surface area contributed by atoms with Crippen LogP contribution in [0.1, 0.15) is 42.7 Å². The molecule has 1 aliphatic rings. The lowest BCUT2D eigenvalue weighted by atomic mass is 9.82. The van der Waals surface area contributed by atoms with Crippen molar-refractivity contribution in [1.29, 1.82) is 0 Å². The molecule has 1 heterocycles. The normalized spacial score (nSPS) is 21.9. The quantitative estimate of drug-likeness (QED) is 0.930. The van der Waals surface area contributed by atoms with Gasteiger partial charge in [-0.3, -0.25) is 4.79 Å². The average molecular weight is 283 g/mol. The number of furan rings is 1. The van der Waals surface area contributed by atoms with E-state index in [9.17, 15) is 4.79 Å². The molecule has 110 valence electrons. The molecule has 1 amide bonds. The summed E-state index contributed by atoms with van der Waals surface area (Å²) in [6.07, 6.45) is 8.09. The largest absolute Gasteiger partial charge is 0.472 e. The second-order valence-electron chi connectivity index (χ2n) is 5.84. The van der Waals surface area contributed by atoms with E-state index < -0.39 is 0 Å². The van der Waals surface area contributed by atoms with Crippen LogP contribution in [0.15, 0.2) is 53.3 Å². The molecular weight excluding hydrogens is 262 g/mol. The summed E-state index contributed by atoms with van der Waals surface area (Å²) in [5, 5.41) is 3.15. The van der Waals surface area contributed by atoms with Crippen molar-refractivity contribution >= 4 is 5.91 Å². The average Bonchev–Trinajstić information content (AvgIpc) is 3.02. The van der Waals surface area contributed by atoms with E-state index in [1.54, 1.807) is 12.5 Å². The number of carbonyl (C=O) groups is 1. The van der Waals surface area contributed by atoms with Gasteiger partial charge in [-0.25, -0.2) is 0 Å². The minimum absolute atomic E-state index is 0.0968. The number of hydrogen-bond donors (Lipinski definition) is 1. The second-order valence-corrected chi connectivity index (χ2v) is 5.84. The van der Waals surface area contributed by atoms with E-state index >= 15 is 0 Å². The van der Waals surface area contributed by atoms with Gasteiger partial charge in [-0.2, -0.15) is 0 Å². The van der Waals surface area contributed by atoms with E-state index in [0.29, 0.717) is 18.4 Å². The van der Waals surface area contributed by atoms with Crippen molar-refractivity contribution in [3.63, 3.8) is 0 Å². The van der Waals surface area contributed by atoms with Gasteiger partial charge in [0.2, 0.25) is 5.91 Å². The first kappa shape index (κ1) is 13.9. The SMILES string of the molecule is O=C(Cc1ccoc1)NC1CCC(c2ccccc2)CC1. The molecule has 2 aromatic rings. The van der Waals surface area contributed by atoms with Gasteiger partial charge in [0.1, 0.15) is 0 Å². The lowest BCUT2D eigenvalue weighted by molar-refractivity contribution is -0.121. The third-order valence-electron chi connectivity index (χ3n) is 4.31.